The first-order valence-electron chi connectivity index (χ1n) is 1.52. The van der Waals surface area contributed by atoms with Crippen molar-refractivity contribution in [2.24, 2.45) is 5.84 Å². The summed E-state index contributed by atoms with van der Waals surface area (Å²) in [5, 5.41) is 2.11. The number of hydrazine groups is 1. The third-order valence-electron chi connectivity index (χ3n) is 0.321. The summed E-state index contributed by atoms with van der Waals surface area (Å²) in [4.78, 5) is 9.97. The third kappa shape index (κ3) is 3.14. The van der Waals surface area contributed by atoms with Gasteiger partial charge in [-0.05, 0) is 0 Å². The van der Waals surface area contributed by atoms with Gasteiger partial charge >= 0.3 is 6.03 Å². The van der Waals surface area contributed by atoms with Crippen LogP contribution in [0.15, 0.2) is 0 Å². The summed E-state index contributed by atoms with van der Waals surface area (Å²) in [6, 6.07) is -0.505. The highest BCUT2D eigenvalue weighted by Gasteiger charge is 1.85. The molecule has 0 fully saturated rings. The molecule has 7 heavy (non-hydrogen) atoms. The quantitative estimate of drug-likeness (QED) is 0.182. The summed E-state index contributed by atoms with van der Waals surface area (Å²) < 4.78 is 0. The third-order valence-corrected chi connectivity index (χ3v) is 0.439. The monoisotopic (exact) mass is 119 g/mol. The van der Waals surface area contributed by atoms with Gasteiger partial charge in [-0.1, -0.05) is 12.2 Å². The van der Waals surface area contributed by atoms with Crippen LogP contribution in [0.2, 0.25) is 0 Å². The molecular formula is C2H5N3OS. The highest BCUT2D eigenvalue weighted by Crippen LogP contribution is 1.50. The molecule has 0 radical (unpaired) electrons. The van der Waals surface area contributed by atoms with Crippen LogP contribution in [0.4, 0.5) is 4.79 Å². The van der Waals surface area contributed by atoms with Crippen molar-refractivity contribution in [3.05, 3.63) is 0 Å². The first kappa shape index (κ1) is 6.32. The van der Waals surface area contributed by atoms with Crippen LogP contribution in [0.25, 0.3) is 0 Å². The van der Waals surface area contributed by atoms with E-state index < -0.39 is 6.03 Å². The molecule has 0 aromatic carbocycles. The van der Waals surface area contributed by atoms with Gasteiger partial charge in [-0.2, -0.15) is 0 Å². The topological polar surface area (TPSA) is 67.1 Å². The van der Waals surface area contributed by atoms with E-state index in [2.05, 4.69) is 23.4 Å². The van der Waals surface area contributed by atoms with Crippen LogP contribution in [-0.4, -0.2) is 11.5 Å². The predicted molar refractivity (Wildman–Crippen MR) is 29.5 cm³/mol. The van der Waals surface area contributed by atoms with Crippen molar-refractivity contribution in [3.63, 3.8) is 0 Å². The Labute approximate surface area is 46.0 Å². The maximum Gasteiger partial charge on any atom is 0.333 e. The Morgan fingerprint density at radius 1 is 1.86 bits per heavy atom. The largest absolute Gasteiger partial charge is 0.333 e. The highest BCUT2D eigenvalue weighted by molar-refractivity contribution is 7.78. The van der Waals surface area contributed by atoms with Crippen LogP contribution in [0.1, 0.15) is 0 Å². The van der Waals surface area contributed by atoms with Gasteiger partial charge in [0, 0.05) is 0 Å². The molecule has 0 heterocycles. The summed E-state index contributed by atoms with van der Waals surface area (Å²) in [5.74, 6) is 4.63. The lowest BCUT2D eigenvalue weighted by molar-refractivity contribution is 0.246. The molecule has 40 valence electrons. The molecular weight excluding hydrogens is 114 g/mol. The maximum atomic E-state index is 9.97. The van der Waals surface area contributed by atoms with Crippen LogP contribution in [0.5, 0.6) is 0 Å². The van der Waals surface area contributed by atoms with E-state index >= 15 is 0 Å². The van der Waals surface area contributed by atoms with E-state index in [4.69, 9.17) is 0 Å². The molecule has 4 nitrogen and oxygen atoms in total. The van der Waals surface area contributed by atoms with Crippen molar-refractivity contribution < 1.29 is 4.79 Å². The average Bonchev–Trinajstić information content (AvgIpc) is 1.68. The number of nitrogens with one attached hydrogen (secondary N) is 2. The summed E-state index contributed by atoms with van der Waals surface area (Å²) in [5.41, 5.74) is 2.89. The first-order valence-corrected chi connectivity index (χ1v) is 1.99. The van der Waals surface area contributed by atoms with E-state index in [-0.39, 0.29) is 0 Å². The second-order valence-corrected chi connectivity index (χ2v) is 0.971. The standard InChI is InChI=1S/C2H5N3OS/c3-5-2(6)4-1-7/h1H,3H2,(H2,4,5,6,7). The number of amides is 2. The Hall–Kier alpha value is -0.680. The molecule has 0 bridgehead atoms. The second-order valence-electron chi connectivity index (χ2n) is 0.736. The average molecular weight is 119 g/mol. The van der Waals surface area contributed by atoms with Gasteiger partial charge in [0.2, 0.25) is 0 Å². The van der Waals surface area contributed by atoms with Gasteiger partial charge in [0.1, 0.15) is 0 Å². The molecule has 0 aromatic rings. The predicted octanol–water partition coefficient (Wildman–Crippen LogP) is -0.883. The van der Waals surface area contributed by atoms with Crippen LogP contribution >= 0.6 is 12.2 Å². The van der Waals surface area contributed by atoms with Crippen molar-refractivity contribution in [1.82, 2.24) is 10.7 Å². The maximum absolute atomic E-state index is 9.97. The van der Waals surface area contributed by atoms with Gasteiger partial charge in [-0.25, -0.2) is 10.6 Å². The summed E-state index contributed by atoms with van der Waals surface area (Å²) in [7, 11) is 0. The molecule has 0 unspecified atom stereocenters. The minimum absolute atomic E-state index is 0.505. The molecule has 4 N–H and O–H groups in total. The van der Waals surface area contributed by atoms with Crippen LogP contribution in [0.3, 0.4) is 0 Å². The van der Waals surface area contributed by atoms with Gasteiger partial charge in [-0.15, -0.1) is 0 Å². The fourth-order valence-electron chi connectivity index (χ4n) is 0.0952. The van der Waals surface area contributed by atoms with Gasteiger partial charge in [0.15, 0.2) is 0 Å². The number of hydrogen-bond donors (Lipinski definition) is 3. The van der Waals surface area contributed by atoms with Gasteiger partial charge in [0.05, 0.1) is 5.49 Å². The molecule has 0 atom stereocenters. The molecule has 0 aliphatic carbocycles. The van der Waals surface area contributed by atoms with E-state index in [1.807, 2.05) is 5.43 Å². The molecule has 0 aliphatic heterocycles. The summed E-state index contributed by atoms with van der Waals surface area (Å²) in [6.45, 7) is 0. The number of carbonyl (C=O) groups excluding carboxylic acids is 1. The Morgan fingerprint density at radius 3 is 2.57 bits per heavy atom. The lowest BCUT2D eigenvalue weighted by Crippen LogP contribution is -2.38. The Bertz CT molecular complexity index is 83.0. The fourth-order valence-corrected chi connectivity index (χ4v) is 0.202. The number of rotatable bonds is 1. The van der Waals surface area contributed by atoms with E-state index in [0.717, 1.165) is 5.49 Å². The SMILES string of the molecule is NNC(=O)NC=S. The van der Waals surface area contributed by atoms with E-state index in [0.29, 0.717) is 0 Å². The van der Waals surface area contributed by atoms with Gasteiger partial charge in [0.25, 0.3) is 0 Å². The van der Waals surface area contributed by atoms with Gasteiger partial charge in [-0.3, -0.25) is 5.43 Å². The van der Waals surface area contributed by atoms with Crippen molar-refractivity contribution in [2.45, 2.75) is 0 Å². The number of nitrogens with two attached hydrogens (primary N) is 1. The Morgan fingerprint density at radius 2 is 2.43 bits per heavy atom. The lowest BCUT2D eigenvalue weighted by atomic mass is 11.0. The van der Waals surface area contributed by atoms with Gasteiger partial charge < -0.3 is 5.32 Å². The minimum atomic E-state index is -0.505. The molecule has 0 spiro atoms. The fraction of sp³-hybridized carbons (Fsp3) is 0. The minimum Gasteiger partial charge on any atom is -0.304 e. The zero-order chi connectivity index (χ0) is 5.70. The molecule has 0 aliphatic rings. The smallest absolute Gasteiger partial charge is 0.304 e. The Kier molecular flexibility index (Phi) is 3.17. The lowest BCUT2D eigenvalue weighted by Gasteiger charge is -1.91. The van der Waals surface area contributed by atoms with Crippen LogP contribution < -0.4 is 16.6 Å². The molecule has 2 amide bonds. The van der Waals surface area contributed by atoms with Crippen molar-refractivity contribution >= 4 is 23.7 Å². The van der Waals surface area contributed by atoms with Crippen molar-refractivity contribution in [3.8, 4) is 0 Å². The Balaban J connectivity index is 3.17. The summed E-state index contributed by atoms with van der Waals surface area (Å²) >= 11 is 4.24. The molecule has 5 heteroatoms. The molecule has 0 saturated heterocycles. The van der Waals surface area contributed by atoms with Crippen molar-refractivity contribution in [1.29, 1.82) is 0 Å². The number of hydrogen-bond acceptors (Lipinski definition) is 3. The van der Waals surface area contributed by atoms with E-state index in [1.54, 1.807) is 0 Å². The summed E-state index contributed by atoms with van der Waals surface area (Å²) in [6.07, 6.45) is 0. The second kappa shape index (κ2) is 3.51. The normalized spacial score (nSPS) is 7.00. The number of thiocarbonyl (C=S) groups is 1. The van der Waals surface area contributed by atoms with Crippen LogP contribution in [0, 0.1) is 0 Å². The van der Waals surface area contributed by atoms with Crippen LogP contribution in [-0.2, 0) is 0 Å². The first-order chi connectivity index (χ1) is 3.31. The molecule has 0 saturated carbocycles. The molecule has 0 rings (SSSR count). The number of urea groups is 1. The number of carbonyl (C=O) groups is 1. The zero-order valence-electron chi connectivity index (χ0n) is 3.47. The molecule has 0 aromatic heterocycles. The zero-order valence-corrected chi connectivity index (χ0v) is 4.29. The highest BCUT2D eigenvalue weighted by atomic mass is 32.1. The van der Waals surface area contributed by atoms with E-state index in [9.17, 15) is 4.79 Å². The van der Waals surface area contributed by atoms with Crippen molar-refractivity contribution in [2.75, 3.05) is 0 Å². The van der Waals surface area contributed by atoms with E-state index in [1.165, 1.54) is 0 Å².